The van der Waals surface area contributed by atoms with Crippen LogP contribution in [0.25, 0.3) is 0 Å². The molecule has 0 aromatic rings. The van der Waals surface area contributed by atoms with Gasteiger partial charge in [0.05, 0.1) is 8.07 Å². The molecule has 0 unspecified atom stereocenters. The van der Waals surface area contributed by atoms with Crippen LogP contribution in [0.4, 0.5) is 0 Å². The highest BCUT2D eigenvalue weighted by Gasteiger charge is 2.46. The van der Waals surface area contributed by atoms with E-state index in [4.69, 9.17) is 177 Å². The average molecular weight is 1450 g/mol. The molecule has 0 aliphatic heterocycles. The van der Waals surface area contributed by atoms with E-state index in [9.17, 15) is 0 Å². The first-order chi connectivity index (χ1) is 28.5. The summed E-state index contributed by atoms with van der Waals surface area (Å²) in [7, 11) is -9.81. The van der Waals surface area contributed by atoms with Gasteiger partial charge in [-0.1, -0.05) is 123 Å². The quantitative estimate of drug-likeness (QED) is 0.0433. The summed E-state index contributed by atoms with van der Waals surface area (Å²) in [5, 5.41) is 0. The second-order valence-electron chi connectivity index (χ2n) is 23.3. The SMILES string of the molecule is C[Si](Cl)(Cl)CC[Si](C)(CC[Si](C)(Cl)Cl)CC[Si](CC[Si](C)(CC[Si](C)(Cl)Cl)CC[Si](C)(Cl)Cl)(CC[Si](C)(CC[Si](C)(Cl)Cl)CC[Si](C)(Cl)Cl)CC[Si](C)(CC[Si](C)(Cl)Cl)CC[Si](C)(Cl)Cl. The highest BCUT2D eigenvalue weighted by atomic mass is 35.7. The van der Waals surface area contributed by atoms with Gasteiger partial charge in [0.1, 0.15) is 0 Å². The van der Waals surface area contributed by atoms with Gasteiger partial charge in [-0.25, -0.2) is 0 Å². The zero-order valence-electron chi connectivity index (χ0n) is 41.5. The predicted molar refractivity (Wildman–Crippen MR) is 354 cm³/mol. The van der Waals surface area contributed by atoms with Crippen molar-refractivity contribution in [3.63, 3.8) is 0 Å². The van der Waals surface area contributed by atoms with Crippen molar-refractivity contribution in [1.82, 2.24) is 0 Å². The summed E-state index contributed by atoms with van der Waals surface area (Å²) >= 11 is 110. The first-order valence-electron chi connectivity index (χ1n) is 23.5. The Bertz CT molecular complexity index is 1090. The van der Waals surface area contributed by atoms with E-state index < -0.39 is 93.9 Å². The van der Waals surface area contributed by atoms with Crippen LogP contribution in [-0.4, -0.2) is 93.9 Å². The Morgan fingerprint density at radius 2 is 0.246 bits per heavy atom. The Balaban J connectivity index is 8.05. The molecule has 392 valence electrons. The Morgan fingerprint density at radius 1 is 0.154 bits per heavy atom. The number of hydrogen-bond donors (Lipinski definition) is 0. The lowest BCUT2D eigenvalue weighted by Gasteiger charge is -2.43. The van der Waals surface area contributed by atoms with Crippen LogP contribution in [-0.2, 0) is 0 Å². The van der Waals surface area contributed by atoms with E-state index in [1.54, 1.807) is 0 Å². The Morgan fingerprint density at radius 3 is 0.338 bits per heavy atom. The number of rotatable bonds is 36. The van der Waals surface area contributed by atoms with E-state index in [1.165, 1.54) is 48.4 Å². The van der Waals surface area contributed by atoms with E-state index >= 15 is 0 Å². The Labute approximate surface area is 488 Å². The molecule has 0 rings (SSSR count). The topological polar surface area (TPSA) is 0 Å². The van der Waals surface area contributed by atoms with Crippen molar-refractivity contribution in [2.75, 3.05) is 0 Å². The van der Waals surface area contributed by atoms with Crippen molar-refractivity contribution in [3.8, 4) is 0 Å². The zero-order valence-corrected chi connectivity index (χ0v) is 66.6. The molecule has 0 aliphatic carbocycles. The molecule has 0 fully saturated rings. The smallest absolute Gasteiger partial charge is 0.146 e. The molecule has 29 heteroatoms. The van der Waals surface area contributed by atoms with Gasteiger partial charge in [0.15, 0.2) is 0 Å². The van der Waals surface area contributed by atoms with Gasteiger partial charge in [0.25, 0.3) is 0 Å². The molecule has 0 saturated heterocycles. The Hall–Kier alpha value is 7.46. The molecular formula is C36H84Cl16Si13. The normalized spacial score (nSPS) is 15.3. The molecule has 0 heterocycles. The van der Waals surface area contributed by atoms with Gasteiger partial charge in [-0.2, -0.15) is 0 Å². The molecule has 0 aromatic heterocycles. The molecule has 0 spiro atoms. The van der Waals surface area contributed by atoms with Crippen LogP contribution in [0.3, 0.4) is 0 Å². The van der Waals surface area contributed by atoms with Gasteiger partial charge in [-0.15, -0.1) is 177 Å². The monoisotopic (exact) mass is 1440 g/mol. The molecule has 65 heavy (non-hydrogen) atoms. The standard InChI is InChI=1S/C36H84Cl16Si13/c1-53(13-25-57(5,37)38,14-26-58(6,39)40)21-33-65(34-22-54(2,15-27-59(7,41)42)16-28-60(8,43)44,35-23-55(3,17-29-61(9,45)46)18-30-62(10,47)48)36-24-56(4,19-31-63(11,49)50)20-32-64(12,51)52/h13-36H2,1-12H3. The third kappa shape index (κ3) is 41.2. The predicted octanol–water partition coefficient (Wildman–Crippen LogP) is 24.1. The van der Waals surface area contributed by atoms with Gasteiger partial charge in [-0.3, -0.25) is 0 Å². The van der Waals surface area contributed by atoms with E-state index in [2.05, 4.69) is 78.6 Å². The minimum atomic E-state index is -2.34. The fourth-order valence-corrected chi connectivity index (χ4v) is 78.3. The molecule has 0 radical (unpaired) electrons. The first kappa shape index (κ1) is 72.5. The summed E-state index contributed by atoms with van der Waals surface area (Å²) in [6.45, 7) is 8.17. The third-order valence-electron chi connectivity index (χ3n) is 14.4. The van der Waals surface area contributed by atoms with Crippen molar-refractivity contribution < 1.29 is 0 Å². The van der Waals surface area contributed by atoms with Crippen molar-refractivity contribution in [3.05, 3.63) is 0 Å². The lowest BCUT2D eigenvalue weighted by molar-refractivity contribution is 1.02. The van der Waals surface area contributed by atoms with Crippen molar-refractivity contribution in [1.29, 1.82) is 0 Å². The van der Waals surface area contributed by atoms with Gasteiger partial charge in [0, 0.05) is 32.3 Å². The van der Waals surface area contributed by atoms with Crippen LogP contribution < -0.4 is 0 Å². The molecule has 0 bridgehead atoms. The van der Waals surface area contributed by atoms with Crippen LogP contribution in [0.1, 0.15) is 0 Å². The summed E-state index contributed by atoms with van der Waals surface area (Å²) in [6.07, 6.45) is 0. The Kier molecular flexibility index (Phi) is 33.0. The van der Waals surface area contributed by atoms with Gasteiger partial charge < -0.3 is 0 Å². The van der Waals surface area contributed by atoms with E-state index in [-0.39, 0.29) is 0 Å². The van der Waals surface area contributed by atoms with Crippen LogP contribution in [0.5, 0.6) is 0 Å². The third-order valence-corrected chi connectivity index (χ3v) is 61.2. The molecule has 0 nitrogen and oxygen atoms in total. The second kappa shape index (κ2) is 29.6. The van der Waals surface area contributed by atoms with Crippen molar-refractivity contribution in [2.24, 2.45) is 0 Å². The lowest BCUT2D eigenvalue weighted by atomic mass is 10.8. The molecule has 0 saturated carbocycles. The molecule has 0 atom stereocenters. The fraction of sp³-hybridized carbons (Fsp3) is 1.00. The summed E-state index contributed by atoms with van der Waals surface area (Å²) in [6, 6.07) is 26.1. The highest BCUT2D eigenvalue weighted by Crippen LogP contribution is 2.48. The molecule has 0 amide bonds. The molecule has 0 aliphatic rings. The summed E-state index contributed by atoms with van der Waals surface area (Å²) in [5.74, 6) is 0. The van der Waals surface area contributed by atoms with E-state index in [0.717, 1.165) is 96.7 Å². The second-order valence-corrected chi connectivity index (χ2v) is 115. The minimum absolute atomic E-state index is 0.897. The number of halogens is 16. The lowest BCUT2D eigenvalue weighted by Crippen LogP contribution is -2.46. The zero-order chi connectivity index (χ0) is 51.5. The average Bonchev–Trinajstić information content (AvgIpc) is 3.09. The maximum absolute atomic E-state index is 6.90. The van der Waals surface area contributed by atoms with Crippen molar-refractivity contribution >= 4 is 271 Å². The van der Waals surface area contributed by atoms with E-state index in [0.29, 0.717) is 0 Å². The molecular weight excluding hydrogens is 1360 g/mol. The van der Waals surface area contributed by atoms with Crippen LogP contribution in [0.2, 0.25) is 224 Å². The van der Waals surface area contributed by atoms with E-state index in [1.807, 2.05) is 0 Å². The molecule has 0 aromatic carbocycles. The van der Waals surface area contributed by atoms with Gasteiger partial charge in [0.2, 0.25) is 53.5 Å². The molecule has 0 N–H and O–H groups in total. The van der Waals surface area contributed by atoms with Gasteiger partial charge in [-0.05, 0) is 101 Å². The maximum atomic E-state index is 6.90. The minimum Gasteiger partial charge on any atom is -0.146 e. The fourth-order valence-electron chi connectivity index (χ4n) is 8.69. The van der Waals surface area contributed by atoms with Crippen LogP contribution >= 0.6 is 177 Å². The maximum Gasteiger partial charge on any atom is 0.248 e. The summed E-state index contributed by atoms with van der Waals surface area (Å²) in [5.41, 5.74) is 0. The summed E-state index contributed by atoms with van der Waals surface area (Å²) < 4.78 is 0. The highest BCUT2D eigenvalue weighted by molar-refractivity contribution is 7.48. The van der Waals surface area contributed by atoms with Gasteiger partial charge >= 0.3 is 0 Å². The van der Waals surface area contributed by atoms with Crippen LogP contribution in [0, 0.1) is 0 Å². The summed E-state index contributed by atoms with van der Waals surface area (Å²) in [4.78, 5) is 0. The van der Waals surface area contributed by atoms with Crippen molar-refractivity contribution in [2.45, 2.75) is 224 Å². The first-order valence-corrected chi connectivity index (χ1v) is 76.7. The largest absolute Gasteiger partial charge is 0.248 e. The number of hydrogen-bond acceptors (Lipinski definition) is 0. The van der Waals surface area contributed by atoms with Crippen LogP contribution in [0.15, 0.2) is 0 Å².